The lowest BCUT2D eigenvalue weighted by atomic mass is 10.2. The van der Waals surface area contributed by atoms with Crippen LogP contribution in [0.4, 0.5) is 0 Å². The molecule has 0 aliphatic carbocycles. The Morgan fingerprint density at radius 2 is 2.09 bits per heavy atom. The number of carbonyl (C=O) groups excluding carboxylic acids is 2. The van der Waals surface area contributed by atoms with Crippen LogP contribution in [-0.2, 0) is 25.5 Å². The SMILES string of the molecule is CCOC(=O)c1csc2ncn(CC(=O)OCCOC)c(=O)c12. The number of fused-ring (bicyclic) bond motifs is 1. The van der Waals surface area contributed by atoms with Crippen molar-refractivity contribution < 1.29 is 23.8 Å². The fourth-order valence-corrected chi connectivity index (χ4v) is 2.73. The van der Waals surface area contributed by atoms with E-state index >= 15 is 0 Å². The van der Waals surface area contributed by atoms with E-state index in [0.717, 1.165) is 4.57 Å². The van der Waals surface area contributed by atoms with Crippen LogP contribution in [0.25, 0.3) is 10.2 Å². The van der Waals surface area contributed by atoms with Gasteiger partial charge in [-0.1, -0.05) is 0 Å². The van der Waals surface area contributed by atoms with Crippen molar-refractivity contribution in [2.45, 2.75) is 13.5 Å². The number of nitrogens with zero attached hydrogens (tertiary/aromatic N) is 2. The summed E-state index contributed by atoms with van der Waals surface area (Å²) in [5.74, 6) is -1.17. The first-order valence-corrected chi connectivity index (χ1v) is 7.74. The monoisotopic (exact) mass is 340 g/mol. The zero-order chi connectivity index (χ0) is 16.8. The largest absolute Gasteiger partial charge is 0.462 e. The van der Waals surface area contributed by atoms with E-state index in [0.29, 0.717) is 4.83 Å². The summed E-state index contributed by atoms with van der Waals surface area (Å²) >= 11 is 1.17. The molecule has 0 unspecified atom stereocenters. The van der Waals surface area contributed by atoms with Gasteiger partial charge in [-0.25, -0.2) is 9.78 Å². The lowest BCUT2D eigenvalue weighted by Gasteiger charge is -2.06. The molecule has 0 atom stereocenters. The lowest BCUT2D eigenvalue weighted by Crippen LogP contribution is -2.26. The van der Waals surface area contributed by atoms with Crippen molar-refractivity contribution in [3.63, 3.8) is 0 Å². The van der Waals surface area contributed by atoms with Crippen molar-refractivity contribution in [1.82, 2.24) is 9.55 Å². The summed E-state index contributed by atoms with van der Waals surface area (Å²) in [6.45, 7) is 1.97. The zero-order valence-electron chi connectivity index (χ0n) is 12.7. The Balaban J connectivity index is 2.27. The van der Waals surface area contributed by atoms with Gasteiger partial charge in [0.1, 0.15) is 18.0 Å². The van der Waals surface area contributed by atoms with E-state index in [1.165, 1.54) is 30.2 Å². The molecule has 0 aliphatic heterocycles. The van der Waals surface area contributed by atoms with Crippen LogP contribution in [-0.4, -0.2) is 48.4 Å². The molecule has 0 fully saturated rings. The number of methoxy groups -OCH3 is 1. The molecule has 0 N–H and O–H groups in total. The maximum absolute atomic E-state index is 12.5. The van der Waals surface area contributed by atoms with Crippen molar-refractivity contribution in [3.05, 3.63) is 27.6 Å². The molecule has 0 amide bonds. The fraction of sp³-hybridized carbons (Fsp3) is 0.429. The second-order valence-electron chi connectivity index (χ2n) is 4.44. The standard InChI is InChI=1S/C14H16N2O6S/c1-3-21-14(19)9-7-23-12-11(9)13(18)16(8-15-12)6-10(17)22-5-4-20-2/h7-8H,3-6H2,1-2H3. The topological polar surface area (TPSA) is 96.7 Å². The lowest BCUT2D eigenvalue weighted by molar-refractivity contribution is -0.145. The molecule has 0 saturated heterocycles. The number of carbonyl (C=O) groups is 2. The van der Waals surface area contributed by atoms with E-state index in [2.05, 4.69) is 4.98 Å². The van der Waals surface area contributed by atoms with Crippen LogP contribution < -0.4 is 5.56 Å². The highest BCUT2D eigenvalue weighted by Crippen LogP contribution is 2.21. The molecule has 0 spiro atoms. The molecule has 8 nitrogen and oxygen atoms in total. The minimum atomic E-state index is -0.585. The van der Waals surface area contributed by atoms with E-state index in [1.807, 2.05) is 0 Å². The smallest absolute Gasteiger partial charge is 0.339 e. The summed E-state index contributed by atoms with van der Waals surface area (Å²) in [7, 11) is 1.49. The number of aromatic nitrogens is 2. The van der Waals surface area contributed by atoms with Gasteiger partial charge < -0.3 is 14.2 Å². The maximum atomic E-state index is 12.5. The van der Waals surface area contributed by atoms with Gasteiger partial charge >= 0.3 is 11.9 Å². The molecule has 0 radical (unpaired) electrons. The average molecular weight is 340 g/mol. The van der Waals surface area contributed by atoms with Crippen LogP contribution >= 0.6 is 11.3 Å². The Kier molecular flexibility index (Phi) is 5.83. The van der Waals surface area contributed by atoms with Crippen LogP contribution in [0.2, 0.25) is 0 Å². The Labute approximate surface area is 135 Å². The Morgan fingerprint density at radius 3 is 2.78 bits per heavy atom. The molecular weight excluding hydrogens is 324 g/mol. The maximum Gasteiger partial charge on any atom is 0.339 e. The van der Waals surface area contributed by atoms with E-state index in [9.17, 15) is 14.4 Å². The van der Waals surface area contributed by atoms with Crippen LogP contribution in [0, 0.1) is 0 Å². The van der Waals surface area contributed by atoms with Crippen LogP contribution in [0.5, 0.6) is 0 Å². The average Bonchev–Trinajstić information content (AvgIpc) is 2.95. The predicted molar refractivity (Wildman–Crippen MR) is 82.7 cm³/mol. The highest BCUT2D eigenvalue weighted by molar-refractivity contribution is 7.17. The van der Waals surface area contributed by atoms with Crippen molar-refractivity contribution in [2.24, 2.45) is 0 Å². The first kappa shape index (κ1) is 17.1. The van der Waals surface area contributed by atoms with Crippen molar-refractivity contribution in [3.8, 4) is 0 Å². The molecule has 23 heavy (non-hydrogen) atoms. The predicted octanol–water partition coefficient (Wildman–Crippen LogP) is 0.824. The van der Waals surface area contributed by atoms with Gasteiger partial charge in [0.15, 0.2) is 0 Å². The van der Waals surface area contributed by atoms with Crippen molar-refractivity contribution >= 4 is 33.5 Å². The van der Waals surface area contributed by atoms with Gasteiger partial charge in [-0.15, -0.1) is 11.3 Å². The number of ether oxygens (including phenoxy) is 3. The van der Waals surface area contributed by atoms with E-state index in [1.54, 1.807) is 6.92 Å². The Hall–Kier alpha value is -2.26. The van der Waals surface area contributed by atoms with Gasteiger partial charge in [0.05, 0.1) is 30.5 Å². The van der Waals surface area contributed by atoms with E-state index in [4.69, 9.17) is 14.2 Å². The third-order valence-corrected chi connectivity index (χ3v) is 3.79. The van der Waals surface area contributed by atoms with Gasteiger partial charge in [-0.05, 0) is 6.92 Å². The molecule has 0 bridgehead atoms. The van der Waals surface area contributed by atoms with Gasteiger partial charge in [-0.2, -0.15) is 0 Å². The summed E-state index contributed by atoms with van der Waals surface area (Å²) < 4.78 is 15.7. The highest BCUT2D eigenvalue weighted by Gasteiger charge is 2.19. The van der Waals surface area contributed by atoms with E-state index in [-0.39, 0.29) is 37.3 Å². The summed E-state index contributed by atoms with van der Waals surface area (Å²) in [5.41, 5.74) is -0.325. The highest BCUT2D eigenvalue weighted by atomic mass is 32.1. The second kappa shape index (κ2) is 7.84. The minimum Gasteiger partial charge on any atom is -0.462 e. The van der Waals surface area contributed by atoms with Gasteiger partial charge in [0.25, 0.3) is 5.56 Å². The Bertz CT molecular complexity index is 766. The van der Waals surface area contributed by atoms with Crippen LogP contribution in [0.3, 0.4) is 0 Å². The first-order chi connectivity index (χ1) is 11.1. The molecule has 0 aliphatic rings. The quantitative estimate of drug-likeness (QED) is 0.544. The van der Waals surface area contributed by atoms with Gasteiger partial charge in [0.2, 0.25) is 0 Å². The molecule has 9 heteroatoms. The van der Waals surface area contributed by atoms with Gasteiger partial charge in [-0.3, -0.25) is 14.2 Å². The van der Waals surface area contributed by atoms with Crippen molar-refractivity contribution in [2.75, 3.05) is 26.9 Å². The summed E-state index contributed by atoms with van der Waals surface area (Å²) in [4.78, 5) is 40.6. The molecule has 2 aromatic rings. The Morgan fingerprint density at radius 1 is 1.30 bits per heavy atom. The molecular formula is C14H16N2O6S. The van der Waals surface area contributed by atoms with Crippen LogP contribution in [0.15, 0.2) is 16.5 Å². The van der Waals surface area contributed by atoms with Crippen molar-refractivity contribution in [1.29, 1.82) is 0 Å². The number of hydrogen-bond donors (Lipinski definition) is 0. The summed E-state index contributed by atoms with van der Waals surface area (Å²) in [6.07, 6.45) is 1.26. The summed E-state index contributed by atoms with van der Waals surface area (Å²) in [5, 5.41) is 1.68. The zero-order valence-corrected chi connectivity index (χ0v) is 13.6. The fourth-order valence-electron chi connectivity index (χ4n) is 1.86. The molecule has 2 aromatic heterocycles. The third kappa shape index (κ3) is 3.93. The first-order valence-electron chi connectivity index (χ1n) is 6.86. The third-order valence-electron chi connectivity index (χ3n) is 2.91. The second-order valence-corrected chi connectivity index (χ2v) is 5.30. The number of rotatable bonds is 7. The minimum absolute atomic E-state index is 0.103. The van der Waals surface area contributed by atoms with Crippen LogP contribution in [0.1, 0.15) is 17.3 Å². The number of esters is 2. The van der Waals surface area contributed by atoms with Gasteiger partial charge in [0, 0.05) is 12.5 Å². The number of thiophene rings is 1. The molecule has 0 aromatic carbocycles. The molecule has 0 saturated carbocycles. The normalized spacial score (nSPS) is 10.7. The molecule has 124 valence electrons. The van der Waals surface area contributed by atoms with E-state index < -0.39 is 17.5 Å². The number of hydrogen-bond acceptors (Lipinski definition) is 8. The molecule has 2 rings (SSSR count). The summed E-state index contributed by atoms with van der Waals surface area (Å²) in [6, 6.07) is 0. The molecule has 2 heterocycles.